The first-order valence-electron chi connectivity index (χ1n) is 10.3. The van der Waals surface area contributed by atoms with Crippen molar-refractivity contribution >= 4 is 11.7 Å². The third-order valence-corrected chi connectivity index (χ3v) is 6.43. The van der Waals surface area contributed by atoms with Crippen molar-refractivity contribution in [2.75, 3.05) is 25.0 Å². The van der Waals surface area contributed by atoms with Crippen molar-refractivity contribution in [3.05, 3.63) is 64.2 Å². The topological polar surface area (TPSA) is 43.8 Å². The van der Waals surface area contributed by atoms with Crippen molar-refractivity contribution in [2.24, 2.45) is 0 Å². The maximum Gasteiger partial charge on any atom is 0.335 e. The van der Waals surface area contributed by atoms with E-state index in [2.05, 4.69) is 42.0 Å². The number of aryl methyl sites for hydroxylation is 2. The van der Waals surface area contributed by atoms with Gasteiger partial charge >= 0.3 is 5.97 Å². The number of likely N-dealkylation sites (tertiary alicyclic amines) is 1. The highest BCUT2D eigenvalue weighted by atomic mass is 16.4. The molecular weight excluding hydrogens is 348 g/mol. The molecule has 148 valence electrons. The van der Waals surface area contributed by atoms with Crippen LogP contribution in [-0.2, 0) is 6.54 Å². The number of fused-ring (bicyclic) bond motifs is 3. The average molecular weight is 379 g/mol. The summed E-state index contributed by atoms with van der Waals surface area (Å²) in [6.45, 7) is 7.19. The Morgan fingerprint density at radius 1 is 1.14 bits per heavy atom. The van der Waals surface area contributed by atoms with E-state index in [0.717, 1.165) is 18.7 Å². The second-order valence-electron chi connectivity index (χ2n) is 8.58. The first kappa shape index (κ1) is 19.0. The van der Waals surface area contributed by atoms with Gasteiger partial charge in [-0.2, -0.15) is 0 Å². The fraction of sp³-hybridized carbons (Fsp3) is 0.458. The van der Waals surface area contributed by atoms with Gasteiger partial charge in [0.05, 0.1) is 5.56 Å². The van der Waals surface area contributed by atoms with Crippen LogP contribution in [0.4, 0.5) is 5.69 Å². The van der Waals surface area contributed by atoms with Crippen LogP contribution in [-0.4, -0.2) is 42.2 Å². The van der Waals surface area contributed by atoms with Crippen molar-refractivity contribution in [1.82, 2.24) is 4.90 Å². The number of carboxylic acids is 1. The standard InChI is InChI=1S/C24H30N2O2/c1-16-7-10-23-20(12-16)21-15-25(3)11-5-4-6-22(21)26(23)14-18-8-9-19(24(27)28)17(2)13-18/h7-10,12-13,21-22H,4-6,11,14-15H2,1-3H3,(H,27,28). The summed E-state index contributed by atoms with van der Waals surface area (Å²) < 4.78 is 0. The number of nitrogens with zero attached hydrogens (tertiary/aromatic N) is 2. The van der Waals surface area contributed by atoms with Crippen LogP contribution in [0.15, 0.2) is 36.4 Å². The average Bonchev–Trinajstić information content (AvgIpc) is 2.88. The highest BCUT2D eigenvalue weighted by Crippen LogP contribution is 2.45. The van der Waals surface area contributed by atoms with E-state index >= 15 is 0 Å². The van der Waals surface area contributed by atoms with E-state index in [1.807, 2.05) is 19.1 Å². The van der Waals surface area contributed by atoms with Crippen molar-refractivity contribution in [1.29, 1.82) is 0 Å². The fourth-order valence-electron chi connectivity index (χ4n) is 5.04. The summed E-state index contributed by atoms with van der Waals surface area (Å²) >= 11 is 0. The normalized spacial score (nSPS) is 22.3. The number of hydrogen-bond acceptors (Lipinski definition) is 3. The maximum atomic E-state index is 11.3. The Hall–Kier alpha value is -2.33. The molecule has 2 aromatic carbocycles. The summed E-state index contributed by atoms with van der Waals surface area (Å²) in [6.07, 6.45) is 3.74. The number of carboxylic acid groups (broad SMARTS) is 1. The molecule has 0 amide bonds. The van der Waals surface area contributed by atoms with Gasteiger partial charge in [0.1, 0.15) is 0 Å². The van der Waals surface area contributed by atoms with Gasteiger partial charge < -0.3 is 14.9 Å². The number of anilines is 1. The molecule has 4 heteroatoms. The maximum absolute atomic E-state index is 11.3. The zero-order valence-electron chi connectivity index (χ0n) is 17.1. The molecule has 0 aliphatic carbocycles. The fourth-order valence-corrected chi connectivity index (χ4v) is 5.04. The molecule has 2 aliphatic heterocycles. The van der Waals surface area contributed by atoms with Crippen molar-refractivity contribution in [2.45, 2.75) is 51.6 Å². The van der Waals surface area contributed by atoms with Crippen LogP contribution in [0.25, 0.3) is 0 Å². The quantitative estimate of drug-likeness (QED) is 0.848. The summed E-state index contributed by atoms with van der Waals surface area (Å²) in [6, 6.07) is 13.2. The lowest BCUT2D eigenvalue weighted by Gasteiger charge is -2.34. The first-order chi connectivity index (χ1) is 13.4. The molecule has 2 atom stereocenters. The van der Waals surface area contributed by atoms with Crippen LogP contribution >= 0.6 is 0 Å². The molecule has 2 aromatic rings. The van der Waals surface area contributed by atoms with Crippen molar-refractivity contribution in [3.8, 4) is 0 Å². The third kappa shape index (κ3) is 3.53. The molecule has 0 saturated carbocycles. The highest BCUT2D eigenvalue weighted by Gasteiger charge is 2.39. The van der Waals surface area contributed by atoms with Crippen LogP contribution in [0, 0.1) is 13.8 Å². The van der Waals surface area contributed by atoms with Crippen LogP contribution in [0.2, 0.25) is 0 Å². The number of hydrogen-bond donors (Lipinski definition) is 1. The lowest BCUT2D eigenvalue weighted by atomic mass is 9.89. The molecular formula is C24H30N2O2. The molecule has 1 fully saturated rings. The Labute approximate surface area is 167 Å². The molecule has 1 N–H and O–H groups in total. The van der Waals surface area contributed by atoms with Gasteiger partial charge in [-0.05, 0) is 69.1 Å². The van der Waals surface area contributed by atoms with E-state index in [-0.39, 0.29) is 0 Å². The van der Waals surface area contributed by atoms with E-state index < -0.39 is 5.97 Å². The van der Waals surface area contributed by atoms with E-state index in [9.17, 15) is 9.90 Å². The molecule has 0 aromatic heterocycles. The van der Waals surface area contributed by atoms with Gasteiger partial charge in [0.15, 0.2) is 0 Å². The summed E-state index contributed by atoms with van der Waals surface area (Å²) in [5.74, 6) is -0.311. The molecule has 0 bridgehead atoms. The number of rotatable bonds is 3. The van der Waals surface area contributed by atoms with Gasteiger partial charge in [-0.25, -0.2) is 4.79 Å². The summed E-state index contributed by atoms with van der Waals surface area (Å²) in [5.41, 5.74) is 6.58. The minimum atomic E-state index is -0.853. The predicted molar refractivity (Wildman–Crippen MR) is 113 cm³/mol. The van der Waals surface area contributed by atoms with E-state index in [1.54, 1.807) is 6.07 Å². The Bertz CT molecular complexity index is 892. The SMILES string of the molecule is Cc1ccc2c(c1)C1CN(C)CCCCC1N2Cc1ccc(C(=O)O)c(C)c1. The van der Waals surface area contributed by atoms with Crippen LogP contribution < -0.4 is 4.90 Å². The van der Waals surface area contributed by atoms with Crippen molar-refractivity contribution < 1.29 is 9.90 Å². The summed E-state index contributed by atoms with van der Waals surface area (Å²) in [4.78, 5) is 16.4. The molecule has 4 nitrogen and oxygen atoms in total. The second kappa shape index (κ2) is 7.59. The highest BCUT2D eigenvalue weighted by molar-refractivity contribution is 5.89. The van der Waals surface area contributed by atoms with E-state index in [0.29, 0.717) is 17.5 Å². The smallest absolute Gasteiger partial charge is 0.335 e. The van der Waals surface area contributed by atoms with Crippen LogP contribution in [0.5, 0.6) is 0 Å². The lowest BCUT2D eigenvalue weighted by Crippen LogP contribution is -2.39. The van der Waals surface area contributed by atoms with Gasteiger partial charge in [0.2, 0.25) is 0 Å². The molecule has 1 saturated heterocycles. The van der Waals surface area contributed by atoms with Gasteiger partial charge in [-0.3, -0.25) is 0 Å². The monoisotopic (exact) mass is 378 g/mol. The molecule has 28 heavy (non-hydrogen) atoms. The second-order valence-corrected chi connectivity index (χ2v) is 8.58. The molecule has 2 heterocycles. The van der Waals surface area contributed by atoms with Gasteiger partial charge in [-0.15, -0.1) is 0 Å². The lowest BCUT2D eigenvalue weighted by molar-refractivity contribution is 0.0696. The number of benzene rings is 2. The van der Waals surface area contributed by atoms with Crippen molar-refractivity contribution in [3.63, 3.8) is 0 Å². The number of likely N-dealkylation sites (N-methyl/N-ethyl adjacent to an activating group) is 1. The van der Waals surface area contributed by atoms with E-state index in [4.69, 9.17) is 0 Å². The third-order valence-electron chi connectivity index (χ3n) is 6.43. The van der Waals surface area contributed by atoms with E-state index in [1.165, 1.54) is 48.2 Å². The summed E-state index contributed by atoms with van der Waals surface area (Å²) in [7, 11) is 2.24. The van der Waals surface area contributed by atoms with Gasteiger partial charge in [0.25, 0.3) is 0 Å². The van der Waals surface area contributed by atoms with Gasteiger partial charge in [-0.1, -0.05) is 36.2 Å². The Balaban J connectivity index is 1.69. The minimum Gasteiger partial charge on any atom is -0.478 e. The Kier molecular flexibility index (Phi) is 5.15. The van der Waals surface area contributed by atoms with Gasteiger partial charge in [0, 0.05) is 30.7 Å². The van der Waals surface area contributed by atoms with Crippen LogP contribution in [0.1, 0.15) is 57.8 Å². The molecule has 4 rings (SSSR count). The Morgan fingerprint density at radius 2 is 1.96 bits per heavy atom. The predicted octanol–water partition coefficient (Wildman–Crippen LogP) is 4.59. The minimum absolute atomic E-state index is 0.395. The molecule has 2 aliphatic rings. The Morgan fingerprint density at radius 3 is 2.71 bits per heavy atom. The first-order valence-corrected chi connectivity index (χ1v) is 10.3. The molecule has 0 radical (unpaired) electrons. The largest absolute Gasteiger partial charge is 0.478 e. The molecule has 2 unspecified atom stereocenters. The van der Waals surface area contributed by atoms with Crippen LogP contribution in [0.3, 0.4) is 0 Å². The molecule has 0 spiro atoms. The number of aromatic carboxylic acids is 1. The summed E-state index contributed by atoms with van der Waals surface area (Å²) in [5, 5.41) is 9.32. The number of carbonyl (C=O) groups is 1. The zero-order valence-corrected chi connectivity index (χ0v) is 17.1. The zero-order chi connectivity index (χ0) is 19.8.